The molecule has 6 nitrogen and oxygen atoms in total. The Labute approximate surface area is 142 Å². The summed E-state index contributed by atoms with van der Waals surface area (Å²) in [6, 6.07) is 2.09. The van der Waals surface area contributed by atoms with Gasteiger partial charge in [-0.3, -0.25) is 4.98 Å². The van der Waals surface area contributed by atoms with E-state index in [9.17, 15) is 0 Å². The van der Waals surface area contributed by atoms with Crippen LogP contribution in [0, 0.1) is 18.8 Å². The van der Waals surface area contributed by atoms with Crippen molar-refractivity contribution in [3.63, 3.8) is 0 Å². The number of hydrogen-bond donors (Lipinski definition) is 0. The van der Waals surface area contributed by atoms with Crippen LogP contribution < -0.4 is 9.80 Å². The van der Waals surface area contributed by atoms with Crippen molar-refractivity contribution in [3.8, 4) is 0 Å². The van der Waals surface area contributed by atoms with Crippen molar-refractivity contribution in [1.82, 2.24) is 19.9 Å². The third-order valence-corrected chi connectivity index (χ3v) is 5.57. The lowest BCUT2D eigenvalue weighted by Crippen LogP contribution is -2.30. The van der Waals surface area contributed by atoms with Crippen molar-refractivity contribution in [1.29, 1.82) is 0 Å². The Bertz CT molecular complexity index is 745. The molecule has 0 aromatic carbocycles. The van der Waals surface area contributed by atoms with E-state index in [2.05, 4.69) is 35.8 Å². The molecule has 124 valence electrons. The van der Waals surface area contributed by atoms with Crippen LogP contribution in [0.4, 0.5) is 11.6 Å². The number of aryl methyl sites for hydroxylation is 1. The van der Waals surface area contributed by atoms with E-state index < -0.39 is 0 Å². The highest BCUT2D eigenvalue weighted by atomic mass is 15.3. The zero-order chi connectivity index (χ0) is 16.1. The molecule has 2 aliphatic heterocycles. The predicted octanol–water partition coefficient (Wildman–Crippen LogP) is 2.03. The van der Waals surface area contributed by atoms with E-state index in [1.54, 1.807) is 6.33 Å². The molecule has 0 spiro atoms. The van der Waals surface area contributed by atoms with Gasteiger partial charge in [0.25, 0.3) is 0 Å². The maximum atomic E-state index is 4.67. The number of aromatic nitrogens is 4. The lowest BCUT2D eigenvalue weighted by atomic mass is 10.0. The summed E-state index contributed by atoms with van der Waals surface area (Å²) in [5, 5.41) is 0. The highest BCUT2D eigenvalue weighted by molar-refractivity contribution is 5.49. The predicted molar refractivity (Wildman–Crippen MR) is 92.2 cm³/mol. The SMILES string of the molecule is Cc1cc(N2CC3CN(c4nccnc4C4CC4)CC3C2)ncn1. The van der Waals surface area contributed by atoms with Gasteiger partial charge in [0, 0.05) is 68.1 Å². The van der Waals surface area contributed by atoms with Gasteiger partial charge in [-0.2, -0.15) is 0 Å². The third kappa shape index (κ3) is 2.41. The molecule has 2 aromatic rings. The van der Waals surface area contributed by atoms with Crippen LogP contribution in [-0.4, -0.2) is 46.1 Å². The first-order valence-corrected chi connectivity index (χ1v) is 8.87. The van der Waals surface area contributed by atoms with Gasteiger partial charge >= 0.3 is 0 Å². The van der Waals surface area contributed by atoms with E-state index in [1.807, 2.05) is 19.3 Å². The number of fused-ring (bicyclic) bond motifs is 1. The third-order valence-electron chi connectivity index (χ3n) is 5.57. The normalized spacial score (nSPS) is 26.0. The molecule has 3 aliphatic rings. The molecule has 4 heterocycles. The van der Waals surface area contributed by atoms with Gasteiger partial charge in [0.2, 0.25) is 0 Å². The summed E-state index contributed by atoms with van der Waals surface area (Å²) in [6.07, 6.45) is 7.89. The van der Waals surface area contributed by atoms with Gasteiger partial charge in [-0.15, -0.1) is 0 Å². The van der Waals surface area contributed by atoms with E-state index in [1.165, 1.54) is 18.5 Å². The molecule has 24 heavy (non-hydrogen) atoms. The number of nitrogens with zero attached hydrogens (tertiary/aromatic N) is 6. The smallest absolute Gasteiger partial charge is 0.150 e. The van der Waals surface area contributed by atoms with Gasteiger partial charge in [-0.05, 0) is 19.8 Å². The zero-order valence-corrected chi connectivity index (χ0v) is 14.0. The summed E-state index contributed by atoms with van der Waals surface area (Å²) in [6.45, 7) is 6.36. The van der Waals surface area contributed by atoms with Crippen molar-refractivity contribution in [2.24, 2.45) is 11.8 Å². The van der Waals surface area contributed by atoms with Gasteiger partial charge < -0.3 is 9.80 Å². The molecule has 2 saturated heterocycles. The second kappa shape index (κ2) is 5.40. The second-order valence-electron chi connectivity index (χ2n) is 7.39. The van der Waals surface area contributed by atoms with Crippen LogP contribution in [0.5, 0.6) is 0 Å². The van der Waals surface area contributed by atoms with Crippen LogP contribution in [0.15, 0.2) is 24.8 Å². The Morgan fingerprint density at radius 1 is 0.875 bits per heavy atom. The van der Waals surface area contributed by atoms with Gasteiger partial charge in [-0.25, -0.2) is 15.0 Å². The molecule has 1 saturated carbocycles. The van der Waals surface area contributed by atoms with Crippen LogP contribution in [0.2, 0.25) is 0 Å². The fourth-order valence-corrected chi connectivity index (χ4v) is 4.20. The van der Waals surface area contributed by atoms with Gasteiger partial charge in [-0.1, -0.05) is 0 Å². The molecule has 0 amide bonds. The van der Waals surface area contributed by atoms with Crippen LogP contribution in [0.1, 0.15) is 30.1 Å². The first-order chi connectivity index (χ1) is 11.8. The lowest BCUT2D eigenvalue weighted by molar-refractivity contribution is 0.533. The molecular formula is C18H22N6. The van der Waals surface area contributed by atoms with Crippen LogP contribution >= 0.6 is 0 Å². The minimum Gasteiger partial charge on any atom is -0.356 e. The highest BCUT2D eigenvalue weighted by Crippen LogP contribution is 2.44. The molecule has 0 N–H and O–H groups in total. The fourth-order valence-electron chi connectivity index (χ4n) is 4.20. The average Bonchev–Trinajstić information content (AvgIpc) is 3.24. The van der Waals surface area contributed by atoms with E-state index in [0.717, 1.165) is 43.5 Å². The quantitative estimate of drug-likeness (QED) is 0.862. The Morgan fingerprint density at radius 3 is 2.29 bits per heavy atom. The summed E-state index contributed by atoms with van der Waals surface area (Å²) in [5.74, 6) is 4.23. The standard InChI is InChI=1S/C18H22N6/c1-12-6-16(22-11-21-12)23-7-14-9-24(10-15(14)8-23)18-17(13-2-3-13)19-4-5-20-18/h4-6,11,13-15H,2-3,7-10H2,1H3. The molecule has 0 radical (unpaired) electrons. The molecule has 6 heteroatoms. The van der Waals surface area contributed by atoms with Gasteiger partial charge in [0.05, 0.1) is 5.69 Å². The summed E-state index contributed by atoms with van der Waals surface area (Å²) in [5.41, 5.74) is 2.26. The summed E-state index contributed by atoms with van der Waals surface area (Å²) in [4.78, 5) is 22.8. The topological polar surface area (TPSA) is 58.0 Å². The van der Waals surface area contributed by atoms with Crippen LogP contribution in [-0.2, 0) is 0 Å². The van der Waals surface area contributed by atoms with Crippen LogP contribution in [0.25, 0.3) is 0 Å². The molecule has 2 atom stereocenters. The molecule has 0 bridgehead atoms. The monoisotopic (exact) mass is 322 g/mol. The number of rotatable bonds is 3. The van der Waals surface area contributed by atoms with Crippen molar-refractivity contribution >= 4 is 11.6 Å². The summed E-state index contributed by atoms with van der Waals surface area (Å²) in [7, 11) is 0. The van der Waals surface area contributed by atoms with Gasteiger partial charge in [0.1, 0.15) is 12.1 Å². The first kappa shape index (κ1) is 14.1. The van der Waals surface area contributed by atoms with E-state index in [-0.39, 0.29) is 0 Å². The highest BCUT2D eigenvalue weighted by Gasteiger charge is 2.42. The van der Waals surface area contributed by atoms with E-state index in [0.29, 0.717) is 17.8 Å². The van der Waals surface area contributed by atoms with Gasteiger partial charge in [0.15, 0.2) is 5.82 Å². The Hall–Kier alpha value is -2.24. The molecular weight excluding hydrogens is 300 g/mol. The number of hydrogen-bond acceptors (Lipinski definition) is 6. The zero-order valence-electron chi connectivity index (χ0n) is 14.0. The Morgan fingerprint density at radius 2 is 1.58 bits per heavy atom. The molecule has 3 fully saturated rings. The summed E-state index contributed by atoms with van der Waals surface area (Å²) >= 11 is 0. The van der Waals surface area contributed by atoms with Crippen molar-refractivity contribution in [3.05, 3.63) is 36.2 Å². The van der Waals surface area contributed by atoms with Crippen LogP contribution in [0.3, 0.4) is 0 Å². The minimum atomic E-state index is 0.648. The minimum absolute atomic E-state index is 0.648. The fraction of sp³-hybridized carbons (Fsp3) is 0.556. The molecule has 2 unspecified atom stereocenters. The summed E-state index contributed by atoms with van der Waals surface area (Å²) < 4.78 is 0. The lowest BCUT2D eigenvalue weighted by Gasteiger charge is -2.24. The van der Waals surface area contributed by atoms with E-state index >= 15 is 0 Å². The van der Waals surface area contributed by atoms with Crippen molar-refractivity contribution in [2.75, 3.05) is 36.0 Å². The second-order valence-corrected chi connectivity index (χ2v) is 7.39. The largest absolute Gasteiger partial charge is 0.356 e. The number of anilines is 2. The van der Waals surface area contributed by atoms with E-state index in [4.69, 9.17) is 0 Å². The molecule has 2 aromatic heterocycles. The maximum Gasteiger partial charge on any atom is 0.150 e. The van der Waals surface area contributed by atoms with Crippen molar-refractivity contribution in [2.45, 2.75) is 25.7 Å². The van der Waals surface area contributed by atoms with Crippen molar-refractivity contribution < 1.29 is 0 Å². The maximum absolute atomic E-state index is 4.67. The Balaban J connectivity index is 1.32. The average molecular weight is 322 g/mol. The Kier molecular flexibility index (Phi) is 3.18. The molecule has 5 rings (SSSR count). The first-order valence-electron chi connectivity index (χ1n) is 8.87. The molecule has 1 aliphatic carbocycles.